The van der Waals surface area contributed by atoms with Gasteiger partial charge in [-0.3, -0.25) is 0 Å². The third-order valence-electron chi connectivity index (χ3n) is 2.98. The van der Waals surface area contributed by atoms with E-state index in [2.05, 4.69) is 21.2 Å². The number of ether oxygens (including phenoxy) is 1. The van der Waals surface area contributed by atoms with Crippen molar-refractivity contribution in [3.63, 3.8) is 0 Å². The molecule has 1 aromatic rings. The van der Waals surface area contributed by atoms with Crippen molar-refractivity contribution in [1.82, 2.24) is 0 Å². The van der Waals surface area contributed by atoms with Crippen molar-refractivity contribution in [2.24, 2.45) is 0 Å². The summed E-state index contributed by atoms with van der Waals surface area (Å²) < 4.78 is 6.52. The van der Waals surface area contributed by atoms with Gasteiger partial charge in [0.25, 0.3) is 0 Å². The molecule has 4 heteroatoms. The standard InChI is InChI=1S/C13H17BrClNO/c14-12-9-10(5-6-13(12)15)16-7-1-3-11-4-2-8-17-11/h5-6,9,11,16H,1-4,7-8H2. The van der Waals surface area contributed by atoms with E-state index in [-0.39, 0.29) is 0 Å². The molecule has 0 spiro atoms. The van der Waals surface area contributed by atoms with E-state index in [9.17, 15) is 0 Å². The van der Waals surface area contributed by atoms with E-state index in [0.717, 1.165) is 41.2 Å². The lowest BCUT2D eigenvalue weighted by Crippen LogP contribution is -2.09. The molecule has 1 unspecified atom stereocenters. The largest absolute Gasteiger partial charge is 0.385 e. The Kier molecular flexibility index (Phi) is 5.14. The first-order chi connectivity index (χ1) is 8.25. The van der Waals surface area contributed by atoms with Gasteiger partial charge in [-0.2, -0.15) is 0 Å². The fourth-order valence-corrected chi connectivity index (χ4v) is 2.54. The van der Waals surface area contributed by atoms with Gasteiger partial charge in [-0.25, -0.2) is 0 Å². The minimum Gasteiger partial charge on any atom is -0.385 e. The van der Waals surface area contributed by atoms with Gasteiger partial charge in [-0.05, 0) is 59.8 Å². The van der Waals surface area contributed by atoms with Crippen LogP contribution in [0.4, 0.5) is 5.69 Å². The van der Waals surface area contributed by atoms with Gasteiger partial charge in [0.05, 0.1) is 11.1 Å². The van der Waals surface area contributed by atoms with Gasteiger partial charge >= 0.3 is 0 Å². The van der Waals surface area contributed by atoms with Gasteiger partial charge in [0.15, 0.2) is 0 Å². The predicted molar refractivity (Wildman–Crippen MR) is 75.8 cm³/mol. The predicted octanol–water partition coefficient (Wildman–Crippen LogP) is 4.47. The lowest BCUT2D eigenvalue weighted by atomic mass is 10.1. The Morgan fingerprint density at radius 1 is 1.47 bits per heavy atom. The lowest BCUT2D eigenvalue weighted by Gasteiger charge is -2.10. The maximum Gasteiger partial charge on any atom is 0.0576 e. The maximum atomic E-state index is 5.94. The molecule has 1 fully saturated rings. The summed E-state index contributed by atoms with van der Waals surface area (Å²) in [5, 5.41) is 4.14. The summed E-state index contributed by atoms with van der Waals surface area (Å²) in [6, 6.07) is 5.90. The molecule has 1 heterocycles. The quantitative estimate of drug-likeness (QED) is 0.809. The highest BCUT2D eigenvalue weighted by Gasteiger charge is 2.14. The van der Waals surface area contributed by atoms with E-state index in [0.29, 0.717) is 6.10 Å². The van der Waals surface area contributed by atoms with Crippen LogP contribution >= 0.6 is 27.5 Å². The first kappa shape index (κ1) is 13.2. The van der Waals surface area contributed by atoms with Crippen LogP contribution < -0.4 is 5.32 Å². The zero-order chi connectivity index (χ0) is 12.1. The zero-order valence-electron chi connectivity index (χ0n) is 9.72. The number of hydrogen-bond donors (Lipinski definition) is 1. The average Bonchev–Trinajstić information content (AvgIpc) is 2.82. The highest BCUT2D eigenvalue weighted by Crippen LogP contribution is 2.25. The maximum absolute atomic E-state index is 5.94. The summed E-state index contributed by atoms with van der Waals surface area (Å²) in [7, 11) is 0. The normalized spacial score (nSPS) is 19.5. The van der Waals surface area contributed by atoms with Crippen LogP contribution in [0.2, 0.25) is 5.02 Å². The van der Waals surface area contributed by atoms with Crippen molar-refractivity contribution in [2.45, 2.75) is 31.8 Å². The summed E-state index contributed by atoms with van der Waals surface area (Å²) in [4.78, 5) is 0. The number of benzene rings is 1. The van der Waals surface area contributed by atoms with Crippen LogP contribution in [0.5, 0.6) is 0 Å². The Bertz CT molecular complexity index is 366. The van der Waals surface area contributed by atoms with Gasteiger partial charge in [0.2, 0.25) is 0 Å². The van der Waals surface area contributed by atoms with Crippen LogP contribution in [0.1, 0.15) is 25.7 Å². The summed E-state index contributed by atoms with van der Waals surface area (Å²) >= 11 is 9.35. The van der Waals surface area contributed by atoms with E-state index < -0.39 is 0 Å². The number of anilines is 1. The number of nitrogens with one attached hydrogen (secondary N) is 1. The lowest BCUT2D eigenvalue weighted by molar-refractivity contribution is 0.103. The van der Waals surface area contributed by atoms with E-state index in [1.54, 1.807) is 0 Å². The van der Waals surface area contributed by atoms with Crippen LogP contribution in [-0.4, -0.2) is 19.3 Å². The molecule has 1 N–H and O–H groups in total. The number of rotatable bonds is 5. The van der Waals surface area contributed by atoms with Gasteiger partial charge < -0.3 is 10.1 Å². The summed E-state index contributed by atoms with van der Waals surface area (Å²) in [6.07, 6.45) is 5.25. The summed E-state index contributed by atoms with van der Waals surface area (Å²) in [5.41, 5.74) is 1.11. The van der Waals surface area contributed by atoms with Crippen LogP contribution in [0.15, 0.2) is 22.7 Å². The average molecular weight is 319 g/mol. The minimum absolute atomic E-state index is 0.494. The van der Waals surface area contributed by atoms with E-state index in [4.69, 9.17) is 16.3 Å². The highest BCUT2D eigenvalue weighted by atomic mass is 79.9. The Balaban J connectivity index is 1.68. The molecule has 0 saturated carbocycles. The van der Waals surface area contributed by atoms with Gasteiger partial charge in [0, 0.05) is 23.3 Å². The third kappa shape index (κ3) is 4.16. The fourth-order valence-electron chi connectivity index (χ4n) is 2.04. The number of hydrogen-bond acceptors (Lipinski definition) is 2. The molecular weight excluding hydrogens is 302 g/mol. The smallest absolute Gasteiger partial charge is 0.0576 e. The molecule has 1 aliphatic heterocycles. The van der Waals surface area contributed by atoms with Crippen LogP contribution in [0.25, 0.3) is 0 Å². The molecule has 1 atom stereocenters. The van der Waals surface area contributed by atoms with E-state index >= 15 is 0 Å². The second-order valence-electron chi connectivity index (χ2n) is 4.33. The SMILES string of the molecule is Clc1ccc(NCCCC2CCCO2)cc1Br. The summed E-state index contributed by atoms with van der Waals surface area (Å²) in [6.45, 7) is 1.93. The van der Waals surface area contributed by atoms with Gasteiger partial charge in [-0.15, -0.1) is 0 Å². The van der Waals surface area contributed by atoms with Crippen LogP contribution in [0.3, 0.4) is 0 Å². The second-order valence-corrected chi connectivity index (χ2v) is 5.59. The van der Waals surface area contributed by atoms with E-state index in [1.807, 2.05) is 18.2 Å². The monoisotopic (exact) mass is 317 g/mol. The topological polar surface area (TPSA) is 21.3 Å². The van der Waals surface area contributed by atoms with Crippen LogP contribution in [0, 0.1) is 0 Å². The Hall–Kier alpha value is -0.250. The molecule has 2 nitrogen and oxygen atoms in total. The molecule has 0 radical (unpaired) electrons. The third-order valence-corrected chi connectivity index (χ3v) is 4.19. The molecule has 1 aromatic carbocycles. The first-order valence-corrected chi connectivity index (χ1v) is 7.23. The first-order valence-electron chi connectivity index (χ1n) is 6.06. The molecule has 0 bridgehead atoms. The Labute approximate surface area is 116 Å². The Morgan fingerprint density at radius 2 is 2.35 bits per heavy atom. The molecule has 1 saturated heterocycles. The van der Waals surface area contributed by atoms with Crippen molar-refractivity contribution in [3.05, 3.63) is 27.7 Å². The molecule has 2 rings (SSSR count). The van der Waals surface area contributed by atoms with Crippen molar-refractivity contribution in [1.29, 1.82) is 0 Å². The minimum atomic E-state index is 0.494. The molecule has 0 aromatic heterocycles. The zero-order valence-corrected chi connectivity index (χ0v) is 12.1. The van der Waals surface area contributed by atoms with E-state index in [1.165, 1.54) is 12.8 Å². The van der Waals surface area contributed by atoms with Gasteiger partial charge in [0.1, 0.15) is 0 Å². The van der Waals surface area contributed by atoms with Crippen LogP contribution in [-0.2, 0) is 4.74 Å². The highest BCUT2D eigenvalue weighted by molar-refractivity contribution is 9.10. The Morgan fingerprint density at radius 3 is 3.06 bits per heavy atom. The van der Waals surface area contributed by atoms with Crippen molar-refractivity contribution < 1.29 is 4.74 Å². The molecule has 0 amide bonds. The molecule has 0 aliphatic carbocycles. The van der Waals surface area contributed by atoms with Crippen molar-refractivity contribution >= 4 is 33.2 Å². The fraction of sp³-hybridized carbons (Fsp3) is 0.538. The molecular formula is C13H17BrClNO. The molecule has 17 heavy (non-hydrogen) atoms. The van der Waals surface area contributed by atoms with Crippen molar-refractivity contribution in [3.8, 4) is 0 Å². The van der Waals surface area contributed by atoms with Gasteiger partial charge in [-0.1, -0.05) is 11.6 Å². The van der Waals surface area contributed by atoms with Crippen molar-refractivity contribution in [2.75, 3.05) is 18.5 Å². The molecule has 1 aliphatic rings. The second kappa shape index (κ2) is 6.62. The summed E-state index contributed by atoms with van der Waals surface area (Å²) in [5.74, 6) is 0. The number of halogens is 2. The molecule has 94 valence electrons.